The first-order chi connectivity index (χ1) is 14.5. The number of ether oxygens (including phenoxy) is 1. The Morgan fingerprint density at radius 2 is 1.94 bits per heavy atom. The molecule has 2 atom stereocenters. The number of aromatic nitrogens is 2. The number of carbonyl (C=O) groups is 2. The van der Waals surface area contributed by atoms with Gasteiger partial charge in [0.05, 0.1) is 5.75 Å². The minimum absolute atomic E-state index is 0.0541. The van der Waals surface area contributed by atoms with Crippen LogP contribution in [0.4, 0.5) is 10.5 Å². The zero-order chi connectivity index (χ0) is 23.2. The number of carbonyl (C=O) groups excluding carboxylic acids is 2. The van der Waals surface area contributed by atoms with Gasteiger partial charge < -0.3 is 19.8 Å². The molecule has 170 valence electrons. The molecule has 0 radical (unpaired) electrons. The van der Waals surface area contributed by atoms with E-state index in [1.54, 1.807) is 20.8 Å². The molecule has 9 heteroatoms. The van der Waals surface area contributed by atoms with Gasteiger partial charge in [0.25, 0.3) is 5.22 Å². The lowest BCUT2D eigenvalue weighted by Crippen LogP contribution is -2.37. The zero-order valence-corrected chi connectivity index (χ0v) is 20.1. The molecule has 2 rings (SSSR count). The summed E-state index contributed by atoms with van der Waals surface area (Å²) in [7, 11) is 0. The summed E-state index contributed by atoms with van der Waals surface area (Å²) in [6, 6.07) is 5.29. The average Bonchev–Trinajstić information content (AvgIpc) is 3.15. The summed E-state index contributed by atoms with van der Waals surface area (Å²) in [4.78, 5) is 24.6. The smallest absolute Gasteiger partial charge is 0.408 e. The third-order valence-electron chi connectivity index (χ3n) is 4.78. The Balaban J connectivity index is 2.00. The molecular formula is C22H32N4O4S. The van der Waals surface area contributed by atoms with E-state index < -0.39 is 17.7 Å². The van der Waals surface area contributed by atoms with Crippen molar-refractivity contribution in [2.45, 2.75) is 71.8 Å². The lowest BCUT2D eigenvalue weighted by atomic mass is 9.99. The molecule has 0 aliphatic heterocycles. The third kappa shape index (κ3) is 7.57. The zero-order valence-electron chi connectivity index (χ0n) is 19.2. The van der Waals surface area contributed by atoms with Crippen LogP contribution in [0, 0.1) is 19.8 Å². The Morgan fingerprint density at radius 3 is 2.58 bits per heavy atom. The highest BCUT2D eigenvalue weighted by atomic mass is 32.2. The van der Waals surface area contributed by atoms with Gasteiger partial charge in [-0.25, -0.2) is 4.79 Å². The maximum atomic E-state index is 12.3. The molecule has 2 aromatic rings. The highest BCUT2D eigenvalue weighted by Crippen LogP contribution is 2.27. The van der Waals surface area contributed by atoms with Crippen molar-refractivity contribution in [3.05, 3.63) is 35.2 Å². The quantitative estimate of drug-likeness (QED) is 0.546. The number of nitrogens with zero attached hydrogens (tertiary/aromatic N) is 2. The third-order valence-corrected chi connectivity index (χ3v) is 5.60. The highest BCUT2D eigenvalue weighted by Gasteiger charge is 2.28. The summed E-state index contributed by atoms with van der Waals surface area (Å²) in [6.07, 6.45) is 0.252. The van der Waals surface area contributed by atoms with Crippen molar-refractivity contribution in [3.8, 4) is 0 Å². The molecule has 0 aliphatic carbocycles. The van der Waals surface area contributed by atoms with E-state index in [9.17, 15) is 9.59 Å². The van der Waals surface area contributed by atoms with E-state index in [4.69, 9.17) is 9.15 Å². The Morgan fingerprint density at radius 1 is 1.23 bits per heavy atom. The number of aryl methyl sites for hydroxylation is 1. The van der Waals surface area contributed by atoms with E-state index in [1.807, 2.05) is 45.9 Å². The van der Waals surface area contributed by atoms with Gasteiger partial charge in [-0.1, -0.05) is 44.2 Å². The van der Waals surface area contributed by atoms with Crippen molar-refractivity contribution in [1.82, 2.24) is 15.5 Å². The Labute approximate surface area is 187 Å². The van der Waals surface area contributed by atoms with Crippen molar-refractivity contribution in [1.29, 1.82) is 0 Å². The molecule has 0 spiro atoms. The fraction of sp³-hybridized carbons (Fsp3) is 0.545. The van der Waals surface area contributed by atoms with E-state index in [0.29, 0.717) is 0 Å². The minimum Gasteiger partial charge on any atom is -0.444 e. The molecule has 2 N–H and O–H groups in total. The van der Waals surface area contributed by atoms with Gasteiger partial charge >= 0.3 is 6.09 Å². The van der Waals surface area contributed by atoms with Gasteiger partial charge in [0.1, 0.15) is 11.6 Å². The van der Waals surface area contributed by atoms with Gasteiger partial charge in [-0.2, -0.15) is 0 Å². The molecule has 2 amide bonds. The number of benzene rings is 1. The van der Waals surface area contributed by atoms with Crippen LogP contribution in [-0.4, -0.2) is 33.6 Å². The monoisotopic (exact) mass is 448 g/mol. The minimum atomic E-state index is -0.608. The van der Waals surface area contributed by atoms with Crippen LogP contribution in [0.2, 0.25) is 0 Å². The first kappa shape index (κ1) is 24.7. The number of alkyl carbamates (subject to hydrolysis) is 1. The van der Waals surface area contributed by atoms with Crippen molar-refractivity contribution >= 4 is 29.4 Å². The molecule has 0 fully saturated rings. The van der Waals surface area contributed by atoms with Crippen LogP contribution in [0.25, 0.3) is 0 Å². The van der Waals surface area contributed by atoms with Gasteiger partial charge in [0.15, 0.2) is 0 Å². The molecular weight excluding hydrogens is 416 g/mol. The fourth-order valence-electron chi connectivity index (χ4n) is 2.72. The maximum absolute atomic E-state index is 12.3. The van der Waals surface area contributed by atoms with Crippen LogP contribution in [0.1, 0.15) is 64.1 Å². The summed E-state index contributed by atoms with van der Waals surface area (Å²) in [6.45, 7) is 13.4. The number of hydrogen-bond donors (Lipinski definition) is 2. The Kier molecular flexibility index (Phi) is 8.50. The van der Waals surface area contributed by atoms with Crippen molar-refractivity contribution in [2.24, 2.45) is 5.92 Å². The van der Waals surface area contributed by atoms with Crippen LogP contribution >= 0.6 is 11.8 Å². The highest BCUT2D eigenvalue weighted by molar-refractivity contribution is 7.99. The number of anilines is 1. The van der Waals surface area contributed by atoms with Gasteiger partial charge in [0.2, 0.25) is 11.8 Å². The normalized spacial score (nSPS) is 13.4. The predicted molar refractivity (Wildman–Crippen MR) is 121 cm³/mol. The van der Waals surface area contributed by atoms with Crippen molar-refractivity contribution in [2.75, 3.05) is 11.1 Å². The molecule has 1 heterocycles. The van der Waals surface area contributed by atoms with Crippen LogP contribution in [0.15, 0.2) is 27.8 Å². The van der Waals surface area contributed by atoms with E-state index in [1.165, 1.54) is 0 Å². The van der Waals surface area contributed by atoms with Gasteiger partial charge in [0, 0.05) is 5.69 Å². The summed E-state index contributed by atoms with van der Waals surface area (Å²) >= 11 is 1.15. The lowest BCUT2D eigenvalue weighted by Gasteiger charge is -2.24. The average molecular weight is 449 g/mol. The molecule has 0 saturated carbocycles. The van der Waals surface area contributed by atoms with Crippen molar-refractivity contribution < 1.29 is 18.7 Å². The number of nitrogens with one attached hydrogen (secondary N) is 2. The second kappa shape index (κ2) is 10.7. The summed E-state index contributed by atoms with van der Waals surface area (Å²) in [5.41, 5.74) is 2.32. The van der Waals surface area contributed by atoms with Gasteiger partial charge in [-0.05, 0) is 57.7 Å². The summed E-state index contributed by atoms with van der Waals surface area (Å²) < 4.78 is 11.1. The van der Waals surface area contributed by atoms with Gasteiger partial charge in [-0.3, -0.25) is 4.79 Å². The fourth-order valence-corrected chi connectivity index (χ4v) is 3.29. The summed E-state index contributed by atoms with van der Waals surface area (Å²) in [5.74, 6) is 0.308. The standard InChI is InChI=1S/C22H32N4O4S/c1-8-13(2)18(24-20(28)30-22(5,6)7)19-25-26-21(29-19)31-12-17(27)23-16-11-9-10-14(3)15(16)4/h9-11,13,18H,8,12H2,1-7H3,(H,23,27)(H,24,28)/t13-,18-/m1/s1. The molecule has 0 saturated heterocycles. The van der Waals surface area contributed by atoms with Crippen LogP contribution in [0.3, 0.4) is 0 Å². The Hall–Kier alpha value is -2.55. The number of thioether (sulfide) groups is 1. The number of rotatable bonds is 8. The Bertz CT molecular complexity index is 907. The number of hydrogen-bond acceptors (Lipinski definition) is 7. The second-order valence-corrected chi connectivity index (χ2v) is 9.43. The molecule has 31 heavy (non-hydrogen) atoms. The molecule has 8 nitrogen and oxygen atoms in total. The lowest BCUT2D eigenvalue weighted by molar-refractivity contribution is -0.113. The van der Waals surface area contributed by atoms with E-state index >= 15 is 0 Å². The van der Waals surface area contributed by atoms with Crippen LogP contribution in [0.5, 0.6) is 0 Å². The first-order valence-corrected chi connectivity index (χ1v) is 11.3. The molecule has 0 aliphatic rings. The first-order valence-electron chi connectivity index (χ1n) is 10.3. The predicted octanol–water partition coefficient (Wildman–Crippen LogP) is 5.03. The summed E-state index contributed by atoms with van der Waals surface area (Å²) in [5, 5.41) is 14.1. The largest absolute Gasteiger partial charge is 0.444 e. The van der Waals surface area contributed by atoms with E-state index in [2.05, 4.69) is 20.8 Å². The molecule has 1 aromatic carbocycles. The van der Waals surface area contributed by atoms with Crippen LogP contribution < -0.4 is 10.6 Å². The second-order valence-electron chi connectivity index (χ2n) is 8.50. The topological polar surface area (TPSA) is 106 Å². The van der Waals surface area contributed by atoms with Crippen LogP contribution in [-0.2, 0) is 9.53 Å². The number of amides is 2. The van der Waals surface area contributed by atoms with E-state index in [0.717, 1.165) is 35.0 Å². The maximum Gasteiger partial charge on any atom is 0.408 e. The van der Waals surface area contributed by atoms with Crippen molar-refractivity contribution in [3.63, 3.8) is 0 Å². The SMILES string of the molecule is CC[C@@H](C)[C@@H](NC(=O)OC(C)(C)C)c1nnc(SCC(=O)Nc2cccc(C)c2C)o1. The van der Waals surface area contributed by atoms with Gasteiger partial charge in [-0.15, -0.1) is 10.2 Å². The molecule has 0 bridgehead atoms. The molecule has 1 aromatic heterocycles. The molecule has 0 unspecified atom stereocenters. The van der Waals surface area contributed by atoms with E-state index in [-0.39, 0.29) is 28.7 Å².